The minimum atomic E-state index is 0.0330. The van der Waals surface area contributed by atoms with Gasteiger partial charge in [-0.15, -0.1) is 0 Å². The highest BCUT2D eigenvalue weighted by atomic mass is 16.1. The Hall–Kier alpha value is -2.10. The van der Waals surface area contributed by atoms with Crippen molar-refractivity contribution in [2.45, 2.75) is 33.7 Å². The van der Waals surface area contributed by atoms with Gasteiger partial charge in [-0.3, -0.25) is 9.89 Å². The van der Waals surface area contributed by atoms with Crippen LogP contribution in [0, 0.1) is 20.8 Å². The monoisotopic (exact) mass is 257 g/mol. The summed E-state index contributed by atoms with van der Waals surface area (Å²) in [4.78, 5) is 11.9. The van der Waals surface area contributed by atoms with Crippen molar-refractivity contribution >= 4 is 5.91 Å². The van der Waals surface area contributed by atoms with Crippen LogP contribution in [0.2, 0.25) is 0 Å². The smallest absolute Gasteiger partial charge is 0.224 e. The third-order valence-electron chi connectivity index (χ3n) is 3.19. The molecule has 1 amide bonds. The van der Waals surface area contributed by atoms with Gasteiger partial charge in [0.2, 0.25) is 5.91 Å². The van der Waals surface area contributed by atoms with Gasteiger partial charge in [-0.2, -0.15) is 5.10 Å². The lowest BCUT2D eigenvalue weighted by atomic mass is 10.1. The van der Waals surface area contributed by atoms with Crippen LogP contribution >= 0.6 is 0 Å². The van der Waals surface area contributed by atoms with Crippen molar-refractivity contribution in [1.82, 2.24) is 15.5 Å². The molecule has 4 nitrogen and oxygen atoms in total. The van der Waals surface area contributed by atoms with Crippen LogP contribution in [0.4, 0.5) is 0 Å². The van der Waals surface area contributed by atoms with E-state index >= 15 is 0 Å². The minimum Gasteiger partial charge on any atom is -0.352 e. The topological polar surface area (TPSA) is 57.8 Å². The molecule has 100 valence electrons. The fourth-order valence-electron chi connectivity index (χ4n) is 2.09. The maximum atomic E-state index is 11.9. The molecule has 0 saturated carbocycles. The first-order valence-electron chi connectivity index (χ1n) is 6.39. The summed E-state index contributed by atoms with van der Waals surface area (Å²) in [7, 11) is 0. The first-order chi connectivity index (χ1) is 9.06. The van der Waals surface area contributed by atoms with E-state index in [4.69, 9.17) is 0 Å². The number of aromatic nitrogens is 2. The summed E-state index contributed by atoms with van der Waals surface area (Å²) < 4.78 is 0. The molecule has 0 aliphatic rings. The summed E-state index contributed by atoms with van der Waals surface area (Å²) in [5.41, 5.74) is 5.23. The van der Waals surface area contributed by atoms with Crippen LogP contribution < -0.4 is 5.32 Å². The van der Waals surface area contributed by atoms with Crippen molar-refractivity contribution in [1.29, 1.82) is 0 Å². The molecule has 0 unspecified atom stereocenters. The summed E-state index contributed by atoms with van der Waals surface area (Å²) >= 11 is 0. The van der Waals surface area contributed by atoms with Gasteiger partial charge in [0.05, 0.1) is 12.1 Å². The van der Waals surface area contributed by atoms with E-state index in [1.54, 1.807) is 0 Å². The van der Waals surface area contributed by atoms with E-state index in [9.17, 15) is 4.79 Å². The molecular formula is C15H19N3O. The lowest BCUT2D eigenvalue weighted by Gasteiger charge is -2.06. The number of carbonyl (C=O) groups excluding carboxylic acids is 1. The maximum absolute atomic E-state index is 11.9. The second-order valence-electron chi connectivity index (χ2n) is 4.86. The predicted molar refractivity (Wildman–Crippen MR) is 74.8 cm³/mol. The van der Waals surface area contributed by atoms with Crippen molar-refractivity contribution in [3.05, 3.63) is 52.3 Å². The molecule has 2 N–H and O–H groups in total. The number of aryl methyl sites for hydroxylation is 3. The molecule has 0 fully saturated rings. The normalized spacial score (nSPS) is 10.5. The molecule has 1 heterocycles. The Morgan fingerprint density at radius 1 is 1.32 bits per heavy atom. The van der Waals surface area contributed by atoms with Gasteiger partial charge in [0.25, 0.3) is 0 Å². The van der Waals surface area contributed by atoms with Gasteiger partial charge in [0.1, 0.15) is 0 Å². The molecule has 0 bridgehead atoms. The minimum absolute atomic E-state index is 0.0330. The number of aromatic amines is 1. The number of nitrogens with zero attached hydrogens (tertiary/aromatic N) is 1. The van der Waals surface area contributed by atoms with E-state index < -0.39 is 0 Å². The number of benzene rings is 1. The lowest BCUT2D eigenvalue weighted by molar-refractivity contribution is -0.120. The van der Waals surface area contributed by atoms with Gasteiger partial charge >= 0.3 is 0 Å². The first-order valence-corrected chi connectivity index (χ1v) is 6.39. The SMILES string of the molecule is Cc1cccc(CC(=O)NCc2c(C)n[nH]c2C)c1. The Labute approximate surface area is 113 Å². The third-order valence-corrected chi connectivity index (χ3v) is 3.19. The number of nitrogens with one attached hydrogen (secondary N) is 2. The van der Waals surface area contributed by atoms with Crippen molar-refractivity contribution in [3.8, 4) is 0 Å². The van der Waals surface area contributed by atoms with E-state index in [2.05, 4.69) is 15.5 Å². The molecule has 4 heteroatoms. The summed E-state index contributed by atoms with van der Waals surface area (Å²) in [6.07, 6.45) is 0.414. The van der Waals surface area contributed by atoms with Gasteiger partial charge in [-0.1, -0.05) is 29.8 Å². The van der Waals surface area contributed by atoms with Gasteiger partial charge in [-0.05, 0) is 26.3 Å². The molecule has 0 atom stereocenters. The number of rotatable bonds is 4. The Bertz CT molecular complexity index is 567. The summed E-state index contributed by atoms with van der Waals surface area (Å²) in [5.74, 6) is 0.0330. The first kappa shape index (κ1) is 13.3. The molecule has 2 rings (SSSR count). The highest BCUT2D eigenvalue weighted by Gasteiger charge is 2.08. The number of hydrogen-bond acceptors (Lipinski definition) is 2. The average Bonchev–Trinajstić information content (AvgIpc) is 2.67. The zero-order valence-corrected chi connectivity index (χ0v) is 11.6. The number of carbonyl (C=O) groups is 1. The number of amides is 1. The molecule has 0 saturated heterocycles. The lowest BCUT2D eigenvalue weighted by Crippen LogP contribution is -2.25. The van der Waals surface area contributed by atoms with Crippen LogP contribution in [0.3, 0.4) is 0 Å². The van der Waals surface area contributed by atoms with Crippen molar-refractivity contribution in [2.75, 3.05) is 0 Å². The van der Waals surface area contributed by atoms with Gasteiger partial charge in [0.15, 0.2) is 0 Å². The second-order valence-corrected chi connectivity index (χ2v) is 4.86. The highest BCUT2D eigenvalue weighted by Crippen LogP contribution is 2.09. The molecule has 0 radical (unpaired) electrons. The molecule has 0 spiro atoms. The van der Waals surface area contributed by atoms with Gasteiger partial charge < -0.3 is 5.32 Å². The number of hydrogen-bond donors (Lipinski definition) is 2. The van der Waals surface area contributed by atoms with E-state index in [-0.39, 0.29) is 5.91 Å². The molecule has 0 aliphatic carbocycles. The number of H-pyrrole nitrogens is 1. The highest BCUT2D eigenvalue weighted by molar-refractivity contribution is 5.78. The molecule has 1 aromatic carbocycles. The van der Waals surface area contributed by atoms with Crippen LogP contribution in [-0.2, 0) is 17.8 Å². The Balaban J connectivity index is 1.92. The summed E-state index contributed by atoms with van der Waals surface area (Å²) in [5, 5.41) is 9.97. The van der Waals surface area contributed by atoms with Gasteiger partial charge in [-0.25, -0.2) is 0 Å². The van der Waals surface area contributed by atoms with Crippen LogP contribution in [0.15, 0.2) is 24.3 Å². The molecule has 19 heavy (non-hydrogen) atoms. The van der Waals surface area contributed by atoms with E-state index in [0.29, 0.717) is 13.0 Å². The maximum Gasteiger partial charge on any atom is 0.224 e. The van der Waals surface area contributed by atoms with Crippen molar-refractivity contribution in [2.24, 2.45) is 0 Å². The van der Waals surface area contributed by atoms with E-state index in [0.717, 1.165) is 22.5 Å². The Morgan fingerprint density at radius 3 is 2.74 bits per heavy atom. The van der Waals surface area contributed by atoms with Crippen LogP contribution in [0.5, 0.6) is 0 Å². The second kappa shape index (κ2) is 5.69. The van der Waals surface area contributed by atoms with Crippen molar-refractivity contribution < 1.29 is 4.79 Å². The fourth-order valence-corrected chi connectivity index (χ4v) is 2.09. The van der Waals surface area contributed by atoms with E-state index in [1.807, 2.05) is 45.0 Å². The molecule has 0 aliphatic heterocycles. The molecule has 2 aromatic rings. The quantitative estimate of drug-likeness (QED) is 0.882. The van der Waals surface area contributed by atoms with Crippen molar-refractivity contribution in [3.63, 3.8) is 0 Å². The predicted octanol–water partition coefficient (Wildman–Crippen LogP) is 2.19. The standard InChI is InChI=1S/C15H19N3O/c1-10-5-4-6-13(7-10)8-15(19)16-9-14-11(2)17-18-12(14)3/h4-7H,8-9H2,1-3H3,(H,16,19)(H,17,18). The third kappa shape index (κ3) is 3.44. The zero-order valence-electron chi connectivity index (χ0n) is 11.6. The molecular weight excluding hydrogens is 238 g/mol. The van der Waals surface area contributed by atoms with Gasteiger partial charge in [0, 0.05) is 17.8 Å². The average molecular weight is 257 g/mol. The zero-order chi connectivity index (χ0) is 13.8. The summed E-state index contributed by atoms with van der Waals surface area (Å²) in [6, 6.07) is 8.01. The van der Waals surface area contributed by atoms with E-state index in [1.165, 1.54) is 5.56 Å². The Kier molecular flexibility index (Phi) is 4.00. The van der Waals surface area contributed by atoms with Crippen LogP contribution in [-0.4, -0.2) is 16.1 Å². The largest absolute Gasteiger partial charge is 0.352 e. The van der Waals surface area contributed by atoms with Crippen LogP contribution in [0.1, 0.15) is 28.1 Å². The molecule has 1 aromatic heterocycles. The summed E-state index contributed by atoms with van der Waals surface area (Å²) in [6.45, 7) is 6.45. The Morgan fingerprint density at radius 2 is 2.11 bits per heavy atom. The fraction of sp³-hybridized carbons (Fsp3) is 0.333. The van der Waals surface area contributed by atoms with Crippen LogP contribution in [0.25, 0.3) is 0 Å².